The molecular formula is C23H38O. The standard InChI is InChI=1S/C23H38O/c1-5-16-8-10-19-18-9-7-17-15-21(3,24)13-14-23(17,6-2)20(18)11-12-22(16,19)4/h5,17-20,24H,6-15H2,1-4H3/b16-5-/t17-,18-,19-,20-,21+,22+,23-/m0/s1. The Morgan fingerprint density at radius 3 is 2.54 bits per heavy atom. The molecule has 4 saturated carbocycles. The van der Waals surface area contributed by atoms with E-state index in [-0.39, 0.29) is 0 Å². The second-order valence-electron chi connectivity index (χ2n) is 10.2. The predicted molar refractivity (Wildman–Crippen MR) is 101 cm³/mol. The molecule has 1 N–H and O–H groups in total. The minimum absolute atomic E-state index is 0.398. The molecule has 0 heterocycles. The maximum Gasteiger partial charge on any atom is 0.0622 e. The van der Waals surface area contributed by atoms with Gasteiger partial charge in [-0.05, 0) is 113 Å². The normalized spacial score (nSPS) is 55.8. The van der Waals surface area contributed by atoms with Crippen molar-refractivity contribution in [2.45, 2.75) is 97.5 Å². The molecule has 4 rings (SSSR count). The van der Waals surface area contributed by atoms with Crippen LogP contribution in [-0.4, -0.2) is 10.7 Å². The van der Waals surface area contributed by atoms with Crippen LogP contribution in [0, 0.1) is 34.5 Å². The number of fused-ring (bicyclic) bond motifs is 5. The third-order valence-corrected chi connectivity index (χ3v) is 9.51. The maximum atomic E-state index is 10.7. The van der Waals surface area contributed by atoms with Crippen molar-refractivity contribution in [2.24, 2.45) is 34.5 Å². The molecule has 4 fully saturated rings. The van der Waals surface area contributed by atoms with Crippen LogP contribution in [0.1, 0.15) is 91.9 Å². The minimum Gasteiger partial charge on any atom is -0.390 e. The van der Waals surface area contributed by atoms with Gasteiger partial charge in [-0.1, -0.05) is 25.5 Å². The van der Waals surface area contributed by atoms with Crippen LogP contribution in [0.5, 0.6) is 0 Å². The zero-order chi connectivity index (χ0) is 17.2. The lowest BCUT2D eigenvalue weighted by Crippen LogP contribution is -2.56. The molecule has 0 spiro atoms. The van der Waals surface area contributed by atoms with Gasteiger partial charge in [0.1, 0.15) is 0 Å². The van der Waals surface area contributed by atoms with E-state index >= 15 is 0 Å². The molecule has 7 atom stereocenters. The number of hydrogen-bond donors (Lipinski definition) is 1. The smallest absolute Gasteiger partial charge is 0.0622 e. The summed E-state index contributed by atoms with van der Waals surface area (Å²) in [5.74, 6) is 3.61. The monoisotopic (exact) mass is 330 g/mol. The van der Waals surface area contributed by atoms with Crippen LogP contribution in [0.15, 0.2) is 11.6 Å². The van der Waals surface area contributed by atoms with Gasteiger partial charge in [-0.15, -0.1) is 0 Å². The Morgan fingerprint density at radius 2 is 1.83 bits per heavy atom. The van der Waals surface area contributed by atoms with Crippen molar-refractivity contribution in [3.63, 3.8) is 0 Å². The molecule has 24 heavy (non-hydrogen) atoms. The highest BCUT2D eigenvalue weighted by molar-refractivity contribution is 5.23. The van der Waals surface area contributed by atoms with Crippen LogP contribution in [-0.2, 0) is 0 Å². The van der Waals surface area contributed by atoms with Crippen molar-refractivity contribution < 1.29 is 5.11 Å². The van der Waals surface area contributed by atoms with Gasteiger partial charge in [0.25, 0.3) is 0 Å². The Hall–Kier alpha value is -0.300. The highest BCUT2D eigenvalue weighted by Crippen LogP contribution is 2.68. The Balaban J connectivity index is 1.66. The number of hydrogen-bond acceptors (Lipinski definition) is 1. The van der Waals surface area contributed by atoms with Crippen LogP contribution in [0.25, 0.3) is 0 Å². The summed E-state index contributed by atoms with van der Waals surface area (Å²) in [6.45, 7) is 9.40. The van der Waals surface area contributed by atoms with E-state index < -0.39 is 5.60 Å². The average Bonchev–Trinajstić information content (AvgIpc) is 2.90. The van der Waals surface area contributed by atoms with E-state index in [9.17, 15) is 5.11 Å². The SMILES string of the molecule is C/C=C1/CC[C@H]2[C@@H]3CC[C@H]4C[C@](C)(O)CC[C@]4(CC)[C@H]3CC[C@]12C. The third kappa shape index (κ3) is 2.22. The first-order valence-electron chi connectivity index (χ1n) is 10.7. The highest BCUT2D eigenvalue weighted by Gasteiger charge is 2.60. The summed E-state index contributed by atoms with van der Waals surface area (Å²) >= 11 is 0. The third-order valence-electron chi connectivity index (χ3n) is 9.51. The molecule has 0 aliphatic heterocycles. The van der Waals surface area contributed by atoms with Crippen LogP contribution in [0.4, 0.5) is 0 Å². The summed E-state index contributed by atoms with van der Waals surface area (Å²) in [5, 5.41) is 10.7. The first kappa shape index (κ1) is 17.1. The minimum atomic E-state index is -0.398. The summed E-state index contributed by atoms with van der Waals surface area (Å²) in [7, 11) is 0. The number of rotatable bonds is 1. The summed E-state index contributed by atoms with van der Waals surface area (Å²) < 4.78 is 0. The van der Waals surface area contributed by atoms with Gasteiger partial charge >= 0.3 is 0 Å². The lowest BCUT2D eigenvalue weighted by atomic mass is 9.43. The van der Waals surface area contributed by atoms with Gasteiger partial charge in [-0.2, -0.15) is 0 Å². The fourth-order valence-electron chi connectivity index (χ4n) is 8.27. The van der Waals surface area contributed by atoms with E-state index in [4.69, 9.17) is 0 Å². The van der Waals surface area contributed by atoms with E-state index in [0.717, 1.165) is 36.5 Å². The topological polar surface area (TPSA) is 20.2 Å². The zero-order valence-electron chi connectivity index (χ0n) is 16.4. The van der Waals surface area contributed by atoms with Gasteiger partial charge in [-0.25, -0.2) is 0 Å². The molecule has 4 aliphatic carbocycles. The van der Waals surface area contributed by atoms with E-state index in [0.29, 0.717) is 10.8 Å². The number of allylic oxidation sites excluding steroid dienone is 2. The second-order valence-corrected chi connectivity index (χ2v) is 10.2. The van der Waals surface area contributed by atoms with Crippen LogP contribution in [0.3, 0.4) is 0 Å². The Bertz CT molecular complexity index is 532. The highest BCUT2D eigenvalue weighted by atomic mass is 16.3. The summed E-state index contributed by atoms with van der Waals surface area (Å²) in [5.41, 5.74) is 2.43. The fourth-order valence-corrected chi connectivity index (χ4v) is 8.27. The van der Waals surface area contributed by atoms with Crippen LogP contribution >= 0.6 is 0 Å². The summed E-state index contributed by atoms with van der Waals surface area (Å²) in [6.07, 6.45) is 15.6. The van der Waals surface area contributed by atoms with Gasteiger partial charge in [-0.3, -0.25) is 0 Å². The van der Waals surface area contributed by atoms with Gasteiger partial charge in [0.05, 0.1) is 5.60 Å². The molecule has 0 unspecified atom stereocenters. The van der Waals surface area contributed by atoms with E-state index in [1.54, 1.807) is 5.57 Å². The average molecular weight is 331 g/mol. The first-order chi connectivity index (χ1) is 11.4. The van der Waals surface area contributed by atoms with E-state index in [1.165, 1.54) is 51.4 Å². The Labute approximate surface area is 149 Å². The zero-order valence-corrected chi connectivity index (χ0v) is 16.4. The molecule has 0 amide bonds. The first-order valence-corrected chi connectivity index (χ1v) is 10.7. The lowest BCUT2D eigenvalue weighted by Gasteiger charge is -2.62. The van der Waals surface area contributed by atoms with Gasteiger partial charge in [0.15, 0.2) is 0 Å². The van der Waals surface area contributed by atoms with Crippen molar-refractivity contribution in [2.75, 3.05) is 0 Å². The molecule has 136 valence electrons. The second kappa shape index (κ2) is 5.60. The summed E-state index contributed by atoms with van der Waals surface area (Å²) in [4.78, 5) is 0. The van der Waals surface area contributed by atoms with Crippen LogP contribution in [0.2, 0.25) is 0 Å². The van der Waals surface area contributed by atoms with Crippen molar-refractivity contribution in [3.8, 4) is 0 Å². The molecular weight excluding hydrogens is 292 g/mol. The van der Waals surface area contributed by atoms with Crippen molar-refractivity contribution in [1.29, 1.82) is 0 Å². The van der Waals surface area contributed by atoms with Crippen LogP contribution < -0.4 is 0 Å². The van der Waals surface area contributed by atoms with Crippen molar-refractivity contribution in [3.05, 3.63) is 11.6 Å². The molecule has 0 bridgehead atoms. The molecule has 1 heteroatoms. The van der Waals surface area contributed by atoms with Crippen molar-refractivity contribution >= 4 is 0 Å². The number of aliphatic hydroxyl groups is 1. The van der Waals surface area contributed by atoms with Gasteiger partial charge < -0.3 is 5.11 Å². The largest absolute Gasteiger partial charge is 0.390 e. The summed E-state index contributed by atoms with van der Waals surface area (Å²) in [6, 6.07) is 0. The fraction of sp³-hybridized carbons (Fsp3) is 0.913. The van der Waals surface area contributed by atoms with Gasteiger partial charge in [0.2, 0.25) is 0 Å². The quantitative estimate of drug-likeness (QED) is 0.574. The molecule has 0 saturated heterocycles. The van der Waals surface area contributed by atoms with Gasteiger partial charge in [0, 0.05) is 0 Å². The maximum absolute atomic E-state index is 10.7. The molecule has 0 aromatic rings. The molecule has 0 radical (unpaired) electrons. The molecule has 0 aromatic heterocycles. The van der Waals surface area contributed by atoms with Crippen molar-refractivity contribution in [1.82, 2.24) is 0 Å². The van der Waals surface area contributed by atoms with E-state index in [2.05, 4.69) is 33.8 Å². The molecule has 4 aliphatic rings. The lowest BCUT2D eigenvalue weighted by molar-refractivity contribution is -0.149. The molecule has 0 aromatic carbocycles. The predicted octanol–water partition coefficient (Wildman–Crippen LogP) is 6.12. The van der Waals surface area contributed by atoms with E-state index in [1.807, 2.05) is 0 Å². The molecule has 1 nitrogen and oxygen atoms in total. The Kier molecular flexibility index (Phi) is 4.00. The Morgan fingerprint density at radius 1 is 1.04 bits per heavy atom.